The van der Waals surface area contributed by atoms with Gasteiger partial charge >= 0.3 is 0 Å². The standard InChI is InChI=1S/C11H14N2/c1-8-4-3-5-10-11(9(8)2)13-7-6-12-10/h3-8,12-13H,1-2H3/t8-/m0/s1. The lowest BCUT2D eigenvalue weighted by Crippen LogP contribution is -2.23. The predicted molar refractivity (Wildman–Crippen MR) is 54.5 cm³/mol. The van der Waals surface area contributed by atoms with Gasteiger partial charge < -0.3 is 10.6 Å². The van der Waals surface area contributed by atoms with Gasteiger partial charge in [0.1, 0.15) is 0 Å². The molecule has 2 aliphatic rings. The summed E-state index contributed by atoms with van der Waals surface area (Å²) in [5, 5.41) is 6.49. The molecule has 0 fully saturated rings. The zero-order chi connectivity index (χ0) is 9.26. The van der Waals surface area contributed by atoms with Gasteiger partial charge in [-0.1, -0.05) is 19.1 Å². The van der Waals surface area contributed by atoms with E-state index in [9.17, 15) is 0 Å². The van der Waals surface area contributed by atoms with Crippen molar-refractivity contribution in [2.24, 2.45) is 5.92 Å². The van der Waals surface area contributed by atoms with Crippen molar-refractivity contribution >= 4 is 0 Å². The van der Waals surface area contributed by atoms with Gasteiger partial charge in [-0.2, -0.15) is 0 Å². The quantitative estimate of drug-likeness (QED) is 0.587. The summed E-state index contributed by atoms with van der Waals surface area (Å²) in [7, 11) is 0. The summed E-state index contributed by atoms with van der Waals surface area (Å²) in [6.45, 7) is 4.37. The highest BCUT2D eigenvalue weighted by molar-refractivity contribution is 5.42. The molecular formula is C11H14N2. The van der Waals surface area contributed by atoms with E-state index < -0.39 is 0 Å². The molecule has 0 saturated carbocycles. The molecule has 1 atom stereocenters. The first-order valence-corrected chi connectivity index (χ1v) is 4.57. The number of hydrogen-bond acceptors (Lipinski definition) is 2. The first-order chi connectivity index (χ1) is 6.29. The third kappa shape index (κ3) is 1.39. The van der Waals surface area contributed by atoms with Gasteiger partial charge in [0.15, 0.2) is 0 Å². The Kier molecular flexibility index (Phi) is 1.97. The Bertz CT molecular complexity index is 332. The summed E-state index contributed by atoms with van der Waals surface area (Å²) < 4.78 is 0. The second-order valence-corrected chi connectivity index (χ2v) is 3.43. The highest BCUT2D eigenvalue weighted by Crippen LogP contribution is 2.23. The number of fused-ring (bicyclic) bond motifs is 1. The SMILES string of the molecule is CC1=C2NC=CNC2=CC=C[C@@H]1C. The Balaban J connectivity index is 2.46. The van der Waals surface area contributed by atoms with Crippen LogP contribution in [-0.4, -0.2) is 0 Å². The van der Waals surface area contributed by atoms with Gasteiger partial charge in [0.2, 0.25) is 0 Å². The van der Waals surface area contributed by atoms with Crippen LogP contribution in [0.2, 0.25) is 0 Å². The van der Waals surface area contributed by atoms with Crippen molar-refractivity contribution in [3.05, 3.63) is 47.6 Å². The van der Waals surface area contributed by atoms with Gasteiger partial charge in [-0.15, -0.1) is 0 Å². The predicted octanol–water partition coefficient (Wildman–Crippen LogP) is 2.01. The van der Waals surface area contributed by atoms with Crippen molar-refractivity contribution in [3.63, 3.8) is 0 Å². The molecule has 0 unspecified atom stereocenters. The van der Waals surface area contributed by atoms with E-state index in [0.29, 0.717) is 5.92 Å². The summed E-state index contributed by atoms with van der Waals surface area (Å²) in [5.74, 6) is 0.504. The number of rotatable bonds is 0. The van der Waals surface area contributed by atoms with Crippen molar-refractivity contribution < 1.29 is 0 Å². The van der Waals surface area contributed by atoms with Gasteiger partial charge in [0.25, 0.3) is 0 Å². The van der Waals surface area contributed by atoms with Gasteiger partial charge in [-0.25, -0.2) is 0 Å². The summed E-state index contributed by atoms with van der Waals surface area (Å²) in [6.07, 6.45) is 10.2. The molecule has 1 aliphatic carbocycles. The average molecular weight is 174 g/mol. The molecule has 0 aromatic carbocycles. The number of nitrogens with one attached hydrogen (secondary N) is 2. The van der Waals surface area contributed by atoms with E-state index in [2.05, 4.69) is 42.7 Å². The zero-order valence-corrected chi connectivity index (χ0v) is 7.96. The molecule has 68 valence electrons. The molecule has 2 rings (SSSR count). The number of hydrogen-bond donors (Lipinski definition) is 2. The normalized spacial score (nSPS) is 25.7. The molecule has 0 spiro atoms. The first-order valence-electron chi connectivity index (χ1n) is 4.57. The topological polar surface area (TPSA) is 24.1 Å². The molecule has 2 heteroatoms. The highest BCUT2D eigenvalue weighted by Gasteiger charge is 2.14. The smallest absolute Gasteiger partial charge is 0.0618 e. The Morgan fingerprint density at radius 3 is 2.85 bits per heavy atom. The van der Waals surface area contributed by atoms with Crippen molar-refractivity contribution in [1.82, 2.24) is 10.6 Å². The molecule has 1 heterocycles. The molecule has 2 nitrogen and oxygen atoms in total. The van der Waals surface area contributed by atoms with Crippen LogP contribution in [-0.2, 0) is 0 Å². The molecule has 0 aromatic heterocycles. The van der Waals surface area contributed by atoms with E-state index >= 15 is 0 Å². The van der Waals surface area contributed by atoms with Crippen LogP contribution >= 0.6 is 0 Å². The van der Waals surface area contributed by atoms with E-state index in [1.807, 2.05) is 12.4 Å². The Morgan fingerprint density at radius 1 is 1.23 bits per heavy atom. The molecule has 0 radical (unpaired) electrons. The Labute approximate surface area is 78.7 Å². The van der Waals surface area contributed by atoms with Crippen molar-refractivity contribution in [1.29, 1.82) is 0 Å². The summed E-state index contributed by atoms with van der Waals surface area (Å²) in [6, 6.07) is 0. The van der Waals surface area contributed by atoms with Crippen LogP contribution in [0.4, 0.5) is 0 Å². The monoisotopic (exact) mass is 174 g/mol. The maximum Gasteiger partial charge on any atom is 0.0618 e. The Morgan fingerprint density at radius 2 is 2.00 bits per heavy atom. The molecule has 0 aromatic rings. The lowest BCUT2D eigenvalue weighted by Gasteiger charge is -2.20. The summed E-state index contributed by atoms with van der Waals surface area (Å²) >= 11 is 0. The average Bonchev–Trinajstić information content (AvgIpc) is 2.29. The summed E-state index contributed by atoms with van der Waals surface area (Å²) in [4.78, 5) is 0. The fraction of sp³-hybridized carbons (Fsp3) is 0.273. The molecule has 1 aliphatic heterocycles. The minimum atomic E-state index is 0.504. The van der Waals surface area contributed by atoms with E-state index in [1.165, 1.54) is 11.3 Å². The van der Waals surface area contributed by atoms with E-state index in [0.717, 1.165) is 5.70 Å². The third-order valence-electron chi connectivity index (χ3n) is 2.56. The molecule has 0 amide bonds. The minimum Gasteiger partial charge on any atom is -0.359 e. The lowest BCUT2D eigenvalue weighted by atomic mass is 10.0. The second-order valence-electron chi connectivity index (χ2n) is 3.43. The molecule has 2 N–H and O–H groups in total. The van der Waals surface area contributed by atoms with E-state index in [4.69, 9.17) is 0 Å². The van der Waals surface area contributed by atoms with Crippen LogP contribution < -0.4 is 10.6 Å². The molecule has 0 saturated heterocycles. The first kappa shape index (κ1) is 8.17. The van der Waals surface area contributed by atoms with Crippen molar-refractivity contribution in [2.45, 2.75) is 13.8 Å². The van der Waals surface area contributed by atoms with Crippen LogP contribution in [0.5, 0.6) is 0 Å². The maximum atomic E-state index is 3.27. The molecule has 0 bridgehead atoms. The van der Waals surface area contributed by atoms with Gasteiger partial charge in [0.05, 0.1) is 11.4 Å². The van der Waals surface area contributed by atoms with Crippen LogP contribution in [0.1, 0.15) is 13.8 Å². The second kappa shape index (κ2) is 3.13. The van der Waals surface area contributed by atoms with Gasteiger partial charge in [-0.05, 0) is 24.5 Å². The Hall–Kier alpha value is -1.44. The van der Waals surface area contributed by atoms with Crippen molar-refractivity contribution in [3.8, 4) is 0 Å². The van der Waals surface area contributed by atoms with Crippen LogP contribution in [0.25, 0.3) is 0 Å². The fourth-order valence-electron chi connectivity index (χ4n) is 1.55. The van der Waals surface area contributed by atoms with E-state index in [1.54, 1.807) is 0 Å². The number of allylic oxidation sites excluding steroid dienone is 4. The molecule has 13 heavy (non-hydrogen) atoms. The lowest BCUT2D eigenvalue weighted by molar-refractivity contribution is 0.806. The highest BCUT2D eigenvalue weighted by atomic mass is 15.0. The van der Waals surface area contributed by atoms with Gasteiger partial charge in [-0.3, -0.25) is 0 Å². The minimum absolute atomic E-state index is 0.504. The van der Waals surface area contributed by atoms with Crippen LogP contribution in [0.15, 0.2) is 47.6 Å². The fourth-order valence-corrected chi connectivity index (χ4v) is 1.55. The largest absolute Gasteiger partial charge is 0.359 e. The maximum absolute atomic E-state index is 3.27. The van der Waals surface area contributed by atoms with Crippen molar-refractivity contribution in [2.75, 3.05) is 0 Å². The zero-order valence-electron chi connectivity index (χ0n) is 7.96. The van der Waals surface area contributed by atoms with E-state index in [-0.39, 0.29) is 0 Å². The molecular weight excluding hydrogens is 160 g/mol. The van der Waals surface area contributed by atoms with Crippen LogP contribution in [0, 0.1) is 5.92 Å². The summed E-state index contributed by atoms with van der Waals surface area (Å²) in [5.41, 5.74) is 3.73. The van der Waals surface area contributed by atoms with Crippen LogP contribution in [0.3, 0.4) is 0 Å². The van der Waals surface area contributed by atoms with Gasteiger partial charge in [0, 0.05) is 12.4 Å². The third-order valence-corrected chi connectivity index (χ3v) is 2.56.